The van der Waals surface area contributed by atoms with Gasteiger partial charge in [-0.15, -0.1) is 0 Å². The maximum absolute atomic E-state index is 8.83. The van der Waals surface area contributed by atoms with Gasteiger partial charge in [0.05, 0.1) is 0 Å². The van der Waals surface area contributed by atoms with Gasteiger partial charge in [0, 0.05) is 16.2 Å². The number of benzene rings is 1. The first-order chi connectivity index (χ1) is 7.81. The van der Waals surface area contributed by atoms with Gasteiger partial charge >= 0.3 is 5.00 Å². The minimum Gasteiger partial charge on any atom is -0.438 e. The average molecular weight is 228 g/mol. The zero-order valence-electron chi connectivity index (χ0n) is 8.10. The van der Waals surface area contributed by atoms with Gasteiger partial charge in [-0.05, 0) is 6.07 Å². The maximum atomic E-state index is 8.83. The summed E-state index contributed by atoms with van der Waals surface area (Å²) >= 11 is 1.30. The molecule has 0 spiro atoms. The molecule has 0 amide bonds. The molecule has 16 heavy (non-hydrogen) atoms. The maximum Gasteiger partial charge on any atom is 0.453 e. The Labute approximate surface area is 93.9 Å². The van der Waals surface area contributed by atoms with E-state index in [1.54, 1.807) is 0 Å². The molecule has 5 heteroatoms. The predicted octanol–water partition coefficient (Wildman–Crippen LogP) is 3.61. The summed E-state index contributed by atoms with van der Waals surface area (Å²) in [5, 5.41) is 21.3. The van der Waals surface area contributed by atoms with Gasteiger partial charge in [0.1, 0.15) is 5.58 Å². The monoisotopic (exact) mass is 228 g/mol. The van der Waals surface area contributed by atoms with Gasteiger partial charge in [0.15, 0.2) is 10.4 Å². The van der Waals surface area contributed by atoms with Gasteiger partial charge in [-0.3, -0.25) is 5.41 Å². The smallest absolute Gasteiger partial charge is 0.438 e. The van der Waals surface area contributed by atoms with Gasteiger partial charge < -0.3 is 4.42 Å². The second kappa shape index (κ2) is 3.15. The van der Waals surface area contributed by atoms with E-state index in [2.05, 4.69) is 4.98 Å². The number of rotatable bonds is 0. The summed E-state index contributed by atoms with van der Waals surface area (Å²) in [6, 6.07) is 7.52. The van der Waals surface area contributed by atoms with Crippen LogP contribution in [0.1, 0.15) is 0 Å². The van der Waals surface area contributed by atoms with Crippen LogP contribution in [0.4, 0.5) is 5.00 Å². The molecule has 1 N–H and O–H groups in total. The Morgan fingerprint density at radius 1 is 1.25 bits per heavy atom. The van der Waals surface area contributed by atoms with E-state index in [1.165, 1.54) is 11.3 Å². The Morgan fingerprint density at radius 3 is 2.88 bits per heavy atom. The molecule has 0 radical (unpaired) electrons. The number of fused-ring (bicyclic) bond motifs is 3. The lowest BCUT2D eigenvalue weighted by Gasteiger charge is -1.96. The van der Waals surface area contributed by atoms with Crippen LogP contribution in [0, 0.1) is 10.8 Å². The molecule has 4 nitrogen and oxygen atoms in total. The Kier molecular flexibility index (Phi) is 1.79. The summed E-state index contributed by atoms with van der Waals surface area (Å²) in [5.41, 5.74) is 0.699. The Hall–Kier alpha value is -2.19. The standard InChI is InChI=1S/C11H6N3OS/c12-10-9-7(5-16-11(9)14-13)6-3-1-2-4-8(6)15-10/h1-5,12H/q+1. The fraction of sp³-hybridized carbons (Fsp3) is 0. The van der Waals surface area contributed by atoms with Gasteiger partial charge in [-0.2, -0.15) is 0 Å². The molecule has 0 saturated heterocycles. The minimum absolute atomic E-state index is 0.0303. The number of nitrogens with one attached hydrogen (secondary N) is 1. The Bertz CT molecular complexity index is 794. The van der Waals surface area contributed by atoms with Crippen molar-refractivity contribution in [3.8, 4) is 0 Å². The van der Waals surface area contributed by atoms with Crippen LogP contribution in [-0.2, 0) is 0 Å². The van der Waals surface area contributed by atoms with Crippen LogP contribution in [0.15, 0.2) is 34.1 Å². The summed E-state index contributed by atoms with van der Waals surface area (Å²) in [4.78, 5) is 3.16. The number of nitrogens with zero attached hydrogens (tertiary/aromatic N) is 2. The van der Waals surface area contributed by atoms with E-state index in [4.69, 9.17) is 15.2 Å². The normalized spacial score (nSPS) is 10.7. The molecular formula is C11H6N3OS+. The van der Waals surface area contributed by atoms with Crippen molar-refractivity contribution in [2.24, 2.45) is 0 Å². The fourth-order valence-electron chi connectivity index (χ4n) is 1.78. The molecule has 76 valence electrons. The summed E-state index contributed by atoms with van der Waals surface area (Å²) in [6.07, 6.45) is 0. The lowest BCUT2D eigenvalue weighted by atomic mass is 10.1. The van der Waals surface area contributed by atoms with Crippen molar-refractivity contribution in [2.75, 3.05) is 0 Å². The summed E-state index contributed by atoms with van der Waals surface area (Å²) in [5.74, 6) is 0. The van der Waals surface area contributed by atoms with E-state index >= 15 is 0 Å². The minimum atomic E-state index is 0.0303. The fourth-order valence-corrected chi connectivity index (χ4v) is 2.62. The van der Waals surface area contributed by atoms with Crippen LogP contribution < -0.4 is 5.55 Å². The second-order valence-corrected chi connectivity index (χ2v) is 4.21. The first-order valence-corrected chi connectivity index (χ1v) is 5.52. The van der Waals surface area contributed by atoms with Crippen molar-refractivity contribution in [1.82, 2.24) is 0 Å². The van der Waals surface area contributed by atoms with Gasteiger partial charge in [0.2, 0.25) is 10.9 Å². The zero-order chi connectivity index (χ0) is 11.1. The topological polar surface area (TPSA) is 65.1 Å². The van der Waals surface area contributed by atoms with Crippen molar-refractivity contribution < 1.29 is 4.42 Å². The molecular weight excluding hydrogens is 222 g/mol. The van der Waals surface area contributed by atoms with Gasteiger partial charge in [-0.1, -0.05) is 29.5 Å². The van der Waals surface area contributed by atoms with Gasteiger partial charge in [0.25, 0.3) is 0 Å². The van der Waals surface area contributed by atoms with Crippen LogP contribution in [0.5, 0.6) is 0 Å². The lowest BCUT2D eigenvalue weighted by Crippen LogP contribution is -1.97. The van der Waals surface area contributed by atoms with Crippen LogP contribution in [-0.4, -0.2) is 0 Å². The van der Waals surface area contributed by atoms with Crippen LogP contribution >= 0.6 is 11.3 Å². The average Bonchev–Trinajstić information content (AvgIpc) is 2.74. The number of para-hydroxylation sites is 1. The lowest BCUT2D eigenvalue weighted by molar-refractivity contribution is 0.543. The molecule has 0 fully saturated rings. The molecule has 2 heterocycles. The van der Waals surface area contributed by atoms with E-state index in [9.17, 15) is 0 Å². The van der Waals surface area contributed by atoms with Crippen LogP contribution in [0.3, 0.4) is 0 Å². The van der Waals surface area contributed by atoms with Gasteiger partial charge in [-0.25, -0.2) is 0 Å². The molecule has 0 atom stereocenters. The molecule has 2 aromatic heterocycles. The highest BCUT2D eigenvalue weighted by Crippen LogP contribution is 2.34. The second-order valence-electron chi connectivity index (χ2n) is 3.36. The van der Waals surface area contributed by atoms with E-state index < -0.39 is 0 Å². The number of hydrogen-bond acceptors (Lipinski definition) is 4. The van der Waals surface area contributed by atoms with E-state index in [-0.39, 0.29) is 5.55 Å². The molecule has 0 aliphatic carbocycles. The summed E-state index contributed by atoms with van der Waals surface area (Å²) < 4.78 is 5.38. The quantitative estimate of drug-likeness (QED) is 0.597. The molecule has 0 saturated carbocycles. The number of thiophene rings is 1. The molecule has 0 aliphatic rings. The van der Waals surface area contributed by atoms with Crippen molar-refractivity contribution in [3.05, 3.63) is 40.2 Å². The Balaban J connectivity index is 2.68. The number of diazo groups is 1. The molecule has 3 rings (SSSR count). The first kappa shape index (κ1) is 9.07. The van der Waals surface area contributed by atoms with Crippen LogP contribution in [0.25, 0.3) is 26.7 Å². The first-order valence-electron chi connectivity index (χ1n) is 4.64. The predicted molar refractivity (Wildman–Crippen MR) is 62.2 cm³/mol. The molecule has 0 aliphatic heterocycles. The third-order valence-electron chi connectivity index (χ3n) is 2.48. The summed E-state index contributed by atoms with van der Waals surface area (Å²) in [6.45, 7) is 0. The number of hydrogen-bond donors (Lipinski definition) is 1. The van der Waals surface area contributed by atoms with E-state index in [0.29, 0.717) is 16.0 Å². The van der Waals surface area contributed by atoms with Crippen molar-refractivity contribution >= 4 is 38.1 Å². The SMILES string of the molecule is N#[N+]c1scc2c1c(=N)oc1ccccc12. The zero-order valence-corrected chi connectivity index (χ0v) is 8.91. The molecule has 0 bridgehead atoms. The van der Waals surface area contributed by atoms with Crippen molar-refractivity contribution in [1.29, 1.82) is 10.8 Å². The van der Waals surface area contributed by atoms with Crippen molar-refractivity contribution in [3.63, 3.8) is 0 Å². The third-order valence-corrected chi connectivity index (χ3v) is 3.34. The molecule has 0 unspecified atom stereocenters. The molecule has 3 aromatic rings. The van der Waals surface area contributed by atoms with Crippen molar-refractivity contribution in [2.45, 2.75) is 0 Å². The highest BCUT2D eigenvalue weighted by molar-refractivity contribution is 7.16. The Morgan fingerprint density at radius 2 is 2.06 bits per heavy atom. The highest BCUT2D eigenvalue weighted by atomic mass is 32.1. The third kappa shape index (κ3) is 1.08. The van der Waals surface area contributed by atoms with Crippen LogP contribution in [0.2, 0.25) is 0 Å². The summed E-state index contributed by atoms with van der Waals surface area (Å²) in [7, 11) is 0. The molecule has 1 aromatic carbocycles. The largest absolute Gasteiger partial charge is 0.453 e. The van der Waals surface area contributed by atoms with E-state index in [0.717, 1.165) is 10.8 Å². The highest BCUT2D eigenvalue weighted by Gasteiger charge is 2.19. The van der Waals surface area contributed by atoms with E-state index in [1.807, 2.05) is 29.6 Å².